The Morgan fingerprint density at radius 1 is 1.00 bits per heavy atom. The minimum absolute atomic E-state index is 0. The van der Waals surface area contributed by atoms with E-state index in [9.17, 15) is 0 Å². The Morgan fingerprint density at radius 3 is 1.60 bits per heavy atom. The molecule has 0 saturated heterocycles. The first-order valence-corrected chi connectivity index (χ1v) is 2.97. The van der Waals surface area contributed by atoms with E-state index in [4.69, 9.17) is 0 Å². The molecule has 52 valence electrons. The maximum Gasteiger partial charge on any atom is 2.00 e. The van der Waals surface area contributed by atoms with Crippen molar-refractivity contribution in [2.75, 3.05) is 0 Å². The van der Waals surface area contributed by atoms with Crippen LogP contribution in [-0.2, 0) is 0 Å². The van der Waals surface area contributed by atoms with E-state index < -0.39 is 0 Å². The van der Waals surface area contributed by atoms with Crippen LogP contribution in [-0.4, -0.2) is 0 Å². The first kappa shape index (κ1) is 12.8. The van der Waals surface area contributed by atoms with Gasteiger partial charge in [-0.25, -0.2) is 0 Å². The summed E-state index contributed by atoms with van der Waals surface area (Å²) in [6.07, 6.45) is 0. The molecule has 0 N–H and O–H groups in total. The molecule has 0 aliphatic carbocycles. The summed E-state index contributed by atoms with van der Waals surface area (Å²) in [5, 5.41) is 0. The SMILES string of the molecule is [CH2-]C.[CH2-]c1ccccc1.[U+2]. The Labute approximate surface area is 87.4 Å². The van der Waals surface area contributed by atoms with Crippen molar-refractivity contribution in [2.45, 2.75) is 6.92 Å². The summed E-state index contributed by atoms with van der Waals surface area (Å²) in [7, 11) is 0. The summed E-state index contributed by atoms with van der Waals surface area (Å²) < 4.78 is 0. The molecule has 1 heteroatoms. The second-order valence-electron chi connectivity index (χ2n) is 1.49. The van der Waals surface area contributed by atoms with Gasteiger partial charge in [-0.2, -0.15) is 31.5 Å². The van der Waals surface area contributed by atoms with Crippen molar-refractivity contribution in [2.24, 2.45) is 0 Å². The molecule has 0 fully saturated rings. The normalized spacial score (nSPS) is 6.60. The van der Waals surface area contributed by atoms with Crippen molar-refractivity contribution in [3.05, 3.63) is 49.7 Å². The van der Waals surface area contributed by atoms with E-state index in [2.05, 4.69) is 13.8 Å². The summed E-state index contributed by atoms with van der Waals surface area (Å²) in [6.45, 7) is 8.72. The quantitative estimate of drug-likeness (QED) is 0.626. The minimum atomic E-state index is 0. The zero-order chi connectivity index (χ0) is 7.11. The summed E-state index contributed by atoms with van der Waals surface area (Å²) in [6, 6.07) is 9.87. The number of hydrogen-bond donors (Lipinski definition) is 0. The molecule has 0 bridgehead atoms. The molecule has 0 unspecified atom stereocenters. The van der Waals surface area contributed by atoms with E-state index in [1.165, 1.54) is 0 Å². The van der Waals surface area contributed by atoms with Crippen molar-refractivity contribution in [3.63, 3.8) is 0 Å². The van der Waals surface area contributed by atoms with Crippen LogP contribution >= 0.6 is 0 Å². The van der Waals surface area contributed by atoms with Gasteiger partial charge in [0.15, 0.2) is 0 Å². The van der Waals surface area contributed by atoms with Gasteiger partial charge in [0.25, 0.3) is 0 Å². The average molecular weight is 358 g/mol. The Bertz CT molecular complexity index is 135. The van der Waals surface area contributed by atoms with E-state index >= 15 is 0 Å². The van der Waals surface area contributed by atoms with Crippen LogP contribution in [0.15, 0.2) is 30.3 Å². The van der Waals surface area contributed by atoms with Crippen LogP contribution in [0.5, 0.6) is 0 Å². The predicted octanol–water partition coefficient (Wildman–Crippen LogP) is 2.71. The largest absolute Gasteiger partial charge is 2.00 e. The molecular weight excluding hydrogens is 346 g/mol. The second kappa shape index (κ2) is 9.14. The van der Waals surface area contributed by atoms with Gasteiger partial charge in [0.1, 0.15) is 0 Å². The zero-order valence-electron chi connectivity index (χ0n) is 6.30. The first-order chi connectivity index (χ1) is 4.39. The van der Waals surface area contributed by atoms with Gasteiger partial charge in [-0.1, -0.05) is 6.07 Å². The number of benzene rings is 1. The van der Waals surface area contributed by atoms with Crippen LogP contribution in [0.3, 0.4) is 0 Å². The zero-order valence-corrected chi connectivity index (χ0v) is 10.5. The number of rotatable bonds is 0. The van der Waals surface area contributed by atoms with Crippen LogP contribution in [0.2, 0.25) is 0 Å². The molecule has 0 aliphatic heterocycles. The predicted molar refractivity (Wildman–Crippen MR) is 41.9 cm³/mol. The van der Waals surface area contributed by atoms with Crippen molar-refractivity contribution < 1.29 is 31.1 Å². The summed E-state index contributed by atoms with van der Waals surface area (Å²) in [5.41, 5.74) is 1.07. The van der Waals surface area contributed by atoms with Crippen LogP contribution < -0.4 is 0 Å². The summed E-state index contributed by atoms with van der Waals surface area (Å²) in [5.74, 6) is 0. The van der Waals surface area contributed by atoms with Crippen molar-refractivity contribution in [1.29, 1.82) is 0 Å². The van der Waals surface area contributed by atoms with Crippen LogP contribution in [0.1, 0.15) is 12.5 Å². The molecule has 0 aromatic heterocycles. The third-order valence-electron chi connectivity index (χ3n) is 0.843. The molecule has 0 radical (unpaired) electrons. The molecule has 0 aliphatic rings. The summed E-state index contributed by atoms with van der Waals surface area (Å²) >= 11 is 0. The van der Waals surface area contributed by atoms with Crippen LogP contribution in [0.4, 0.5) is 0 Å². The van der Waals surface area contributed by atoms with E-state index in [1.807, 2.05) is 30.3 Å². The van der Waals surface area contributed by atoms with Gasteiger partial charge in [0.05, 0.1) is 0 Å². The number of hydrogen-bond acceptors (Lipinski definition) is 0. The van der Waals surface area contributed by atoms with Crippen molar-refractivity contribution in [3.8, 4) is 0 Å². The molecule has 10 heavy (non-hydrogen) atoms. The minimum Gasteiger partial charge on any atom is -0.346 e. The Morgan fingerprint density at radius 2 is 1.40 bits per heavy atom. The van der Waals surface area contributed by atoms with Gasteiger partial charge in [0, 0.05) is 0 Å². The molecule has 1 aromatic carbocycles. The molecule has 0 atom stereocenters. The molecule has 0 spiro atoms. The Kier molecular flexibility index (Phi) is 11.7. The molecule has 1 rings (SSSR count). The van der Waals surface area contributed by atoms with Crippen molar-refractivity contribution >= 4 is 0 Å². The van der Waals surface area contributed by atoms with Crippen molar-refractivity contribution in [1.82, 2.24) is 0 Å². The maximum absolute atomic E-state index is 3.72. The van der Waals surface area contributed by atoms with Gasteiger partial charge in [-0.3, -0.25) is 0 Å². The smallest absolute Gasteiger partial charge is 0.346 e. The fraction of sp³-hybridized carbons (Fsp3) is 0.111. The maximum atomic E-state index is 3.72. The third-order valence-corrected chi connectivity index (χ3v) is 0.843. The van der Waals surface area contributed by atoms with Gasteiger partial charge < -0.3 is 6.92 Å². The van der Waals surface area contributed by atoms with Gasteiger partial charge in [-0.15, -0.1) is 12.1 Å². The fourth-order valence-corrected chi connectivity index (χ4v) is 0.478. The Balaban J connectivity index is 0. The van der Waals surface area contributed by atoms with Crippen LogP contribution in [0, 0.1) is 45.0 Å². The fourth-order valence-electron chi connectivity index (χ4n) is 0.478. The standard InChI is InChI=1S/C7H7.C2H5.U/c1-7-5-3-2-4-6-7;1-2;/h2-6H,1H2;1H2,2H3;/q2*-1;+2. The molecule has 0 nitrogen and oxygen atoms in total. The molecule has 1 aromatic rings. The van der Waals surface area contributed by atoms with Crippen LogP contribution in [0.25, 0.3) is 0 Å². The third kappa shape index (κ3) is 6.26. The molecule has 0 amide bonds. The topological polar surface area (TPSA) is 0 Å². The van der Waals surface area contributed by atoms with E-state index in [0.29, 0.717) is 0 Å². The van der Waals surface area contributed by atoms with E-state index in [-0.39, 0.29) is 31.1 Å². The van der Waals surface area contributed by atoms with Gasteiger partial charge >= 0.3 is 31.1 Å². The van der Waals surface area contributed by atoms with Gasteiger partial charge in [0.2, 0.25) is 0 Å². The molecule has 0 saturated carbocycles. The van der Waals surface area contributed by atoms with Gasteiger partial charge in [-0.05, 0) is 0 Å². The summed E-state index contributed by atoms with van der Waals surface area (Å²) in [4.78, 5) is 0. The Hall–Kier alpha value is 0.142. The van der Waals surface area contributed by atoms with E-state index in [0.717, 1.165) is 5.56 Å². The molecular formula is C9H12U. The van der Waals surface area contributed by atoms with E-state index in [1.54, 1.807) is 6.92 Å². The average Bonchev–Trinajstić information content (AvgIpc) is 1.94. The molecule has 0 heterocycles. The first-order valence-electron chi connectivity index (χ1n) is 2.97. The monoisotopic (exact) mass is 358 g/mol. The second-order valence-corrected chi connectivity index (χ2v) is 1.49.